The minimum Gasteiger partial charge on any atom is -0.304 e. The molecule has 0 amide bonds. The first-order valence-electron chi connectivity index (χ1n) is 18.8. The number of carbonyl (C=O) groups excluding carboxylic acids is 2. The largest absolute Gasteiger partial charge is 0.304 e. The fourth-order valence-electron chi connectivity index (χ4n) is 6.41. The number of Topliss-reactive ketones (excluding diaryl/α,β-unsaturated/α-hetero) is 2. The van der Waals surface area contributed by atoms with Crippen LogP contribution in [0.25, 0.3) is 65.6 Å². The number of aromatic nitrogens is 2. The van der Waals surface area contributed by atoms with Gasteiger partial charge in [0, 0.05) is 43.3 Å². The van der Waals surface area contributed by atoms with E-state index >= 15 is 0 Å². The van der Waals surface area contributed by atoms with E-state index in [1.54, 1.807) is 0 Å². The Bertz CT molecular complexity index is 2480. The van der Waals surface area contributed by atoms with Crippen molar-refractivity contribution in [3.8, 4) is 22.5 Å². The van der Waals surface area contributed by atoms with E-state index in [9.17, 15) is 9.59 Å². The summed E-state index contributed by atoms with van der Waals surface area (Å²) in [7, 11) is 0. The molecule has 0 aliphatic carbocycles. The summed E-state index contributed by atoms with van der Waals surface area (Å²) in [6, 6.07) is 48.7. The van der Waals surface area contributed by atoms with Gasteiger partial charge in [-0.05, 0) is 66.6 Å². The molecule has 0 atom stereocenters. The Hall–Kier alpha value is -5.35. The van der Waals surface area contributed by atoms with Gasteiger partial charge in [-0.15, -0.1) is 70.8 Å². The molecule has 2 aromatic heterocycles. The Kier molecular flexibility index (Phi) is 13.2. The van der Waals surface area contributed by atoms with Crippen molar-refractivity contribution >= 4 is 54.7 Å². The average Bonchev–Trinajstić information content (AvgIpc) is 3.17. The molecule has 0 unspecified atom stereocenters. The van der Waals surface area contributed by atoms with Gasteiger partial charge in [0.25, 0.3) is 0 Å². The minimum atomic E-state index is -0.402. The van der Waals surface area contributed by atoms with Gasteiger partial charge >= 0.3 is 0 Å². The zero-order valence-electron chi connectivity index (χ0n) is 33.5. The third-order valence-corrected chi connectivity index (χ3v) is 9.76. The van der Waals surface area contributed by atoms with Crippen LogP contribution in [0.1, 0.15) is 59.1 Å². The smallest absolute Gasteiger partial charge is 0.145 e. The van der Waals surface area contributed by atoms with Crippen molar-refractivity contribution < 1.29 is 29.7 Å². The number of pyridine rings is 2. The molecular formula is C51H48IrN2O2-2. The summed E-state index contributed by atoms with van der Waals surface area (Å²) in [4.78, 5) is 32.2. The van der Waals surface area contributed by atoms with Crippen LogP contribution in [0, 0.1) is 36.8 Å². The maximum atomic E-state index is 11.5. The molecule has 8 rings (SSSR count). The fourth-order valence-corrected chi connectivity index (χ4v) is 6.41. The topological polar surface area (TPSA) is 59.9 Å². The molecule has 0 fully saturated rings. The predicted molar refractivity (Wildman–Crippen MR) is 230 cm³/mol. The normalized spacial score (nSPS) is 11.3. The Balaban J connectivity index is 0.000000165. The third-order valence-electron chi connectivity index (χ3n) is 9.76. The van der Waals surface area contributed by atoms with Gasteiger partial charge in [0.1, 0.15) is 11.6 Å². The van der Waals surface area contributed by atoms with Crippen molar-refractivity contribution in [1.29, 1.82) is 0 Å². The van der Waals surface area contributed by atoms with Gasteiger partial charge in [0.2, 0.25) is 0 Å². The van der Waals surface area contributed by atoms with E-state index in [1.807, 2.05) is 66.1 Å². The van der Waals surface area contributed by atoms with E-state index in [2.05, 4.69) is 145 Å². The zero-order chi connectivity index (χ0) is 39.3. The van der Waals surface area contributed by atoms with Gasteiger partial charge in [-0.25, -0.2) is 0 Å². The third kappa shape index (κ3) is 9.71. The molecular weight excluding hydrogens is 865 g/mol. The van der Waals surface area contributed by atoms with E-state index in [-0.39, 0.29) is 38.1 Å². The summed E-state index contributed by atoms with van der Waals surface area (Å²) >= 11 is 0. The standard InChI is InChI=1S/2C20H14N.C11H20O2.Ir/c2*1-14-5-4-7-16(13-14)20-19-10-9-15-6-2-3-8-17(15)18(19)11-12-21-20;1-10(2,3)8(12)7-9(13)11(4,5)6;/h2*2-6,8-13H,1H3;7H2,1-6H3;/q2*-1;;. The van der Waals surface area contributed by atoms with E-state index in [4.69, 9.17) is 0 Å². The maximum absolute atomic E-state index is 11.5. The van der Waals surface area contributed by atoms with Crippen LogP contribution in [0.2, 0.25) is 0 Å². The van der Waals surface area contributed by atoms with Gasteiger partial charge in [0.15, 0.2) is 0 Å². The van der Waals surface area contributed by atoms with Crippen molar-refractivity contribution in [2.24, 2.45) is 10.8 Å². The number of aryl methyl sites for hydroxylation is 2. The number of rotatable bonds is 4. The molecule has 0 aliphatic heterocycles. The van der Waals surface area contributed by atoms with Crippen molar-refractivity contribution in [3.63, 3.8) is 0 Å². The second-order valence-electron chi connectivity index (χ2n) is 16.2. The molecule has 56 heavy (non-hydrogen) atoms. The Morgan fingerprint density at radius 2 is 0.893 bits per heavy atom. The van der Waals surface area contributed by atoms with Gasteiger partial charge < -0.3 is 9.97 Å². The van der Waals surface area contributed by atoms with Crippen LogP contribution in [0.3, 0.4) is 0 Å². The average molecular weight is 913 g/mol. The van der Waals surface area contributed by atoms with Crippen LogP contribution in [0.5, 0.6) is 0 Å². The van der Waals surface area contributed by atoms with E-state index < -0.39 is 10.8 Å². The second-order valence-corrected chi connectivity index (χ2v) is 16.2. The number of fused-ring (bicyclic) bond motifs is 6. The number of carbonyl (C=O) groups is 2. The van der Waals surface area contributed by atoms with Crippen molar-refractivity contribution in [1.82, 2.24) is 9.97 Å². The summed E-state index contributed by atoms with van der Waals surface area (Å²) in [5.41, 5.74) is 5.75. The number of hydrogen-bond donors (Lipinski definition) is 0. The van der Waals surface area contributed by atoms with E-state index in [0.29, 0.717) is 0 Å². The van der Waals surface area contributed by atoms with Crippen LogP contribution in [0.4, 0.5) is 0 Å². The van der Waals surface area contributed by atoms with Gasteiger partial charge in [0.05, 0.1) is 6.42 Å². The van der Waals surface area contributed by atoms with E-state index in [1.165, 1.54) is 54.2 Å². The first kappa shape index (κ1) is 41.8. The van der Waals surface area contributed by atoms with E-state index in [0.717, 1.165) is 22.5 Å². The van der Waals surface area contributed by atoms with Crippen LogP contribution >= 0.6 is 0 Å². The first-order chi connectivity index (χ1) is 26.2. The maximum Gasteiger partial charge on any atom is 0.145 e. The monoisotopic (exact) mass is 913 g/mol. The summed E-state index contributed by atoms with van der Waals surface area (Å²) in [5, 5.41) is 9.90. The molecule has 0 bridgehead atoms. The van der Waals surface area contributed by atoms with Crippen LogP contribution < -0.4 is 0 Å². The molecule has 0 aliphatic rings. The molecule has 8 aromatic rings. The Morgan fingerprint density at radius 1 is 0.500 bits per heavy atom. The van der Waals surface area contributed by atoms with Crippen molar-refractivity contribution in [2.75, 3.05) is 0 Å². The molecule has 2 heterocycles. The number of nitrogens with zero attached hydrogens (tertiary/aromatic N) is 2. The molecule has 4 nitrogen and oxygen atoms in total. The van der Waals surface area contributed by atoms with Crippen LogP contribution in [-0.2, 0) is 29.7 Å². The Labute approximate surface area is 344 Å². The molecule has 0 spiro atoms. The van der Waals surface area contributed by atoms with Gasteiger partial charge in [-0.2, -0.15) is 0 Å². The predicted octanol–water partition coefficient (Wildman–Crippen LogP) is 12.9. The molecule has 0 saturated carbocycles. The molecule has 6 aromatic carbocycles. The van der Waals surface area contributed by atoms with Crippen molar-refractivity contribution in [2.45, 2.75) is 61.8 Å². The summed E-state index contributed by atoms with van der Waals surface area (Å²) < 4.78 is 0. The quantitative estimate of drug-likeness (QED) is 0.100. The first-order valence-corrected chi connectivity index (χ1v) is 18.8. The van der Waals surface area contributed by atoms with Crippen LogP contribution in [0.15, 0.2) is 134 Å². The van der Waals surface area contributed by atoms with Crippen molar-refractivity contribution in [3.05, 3.63) is 157 Å². The van der Waals surface area contributed by atoms with Gasteiger partial charge in [-0.3, -0.25) is 9.59 Å². The number of hydrogen-bond acceptors (Lipinski definition) is 4. The second kappa shape index (κ2) is 17.6. The molecule has 1 radical (unpaired) electrons. The number of benzene rings is 6. The summed E-state index contributed by atoms with van der Waals surface area (Å²) in [6.07, 6.45) is 3.84. The molecule has 5 heteroatoms. The zero-order valence-corrected chi connectivity index (χ0v) is 35.8. The van der Waals surface area contributed by atoms with Crippen LogP contribution in [-0.4, -0.2) is 21.5 Å². The molecule has 0 saturated heterocycles. The summed E-state index contributed by atoms with van der Waals surface area (Å²) in [5.74, 6) is 0.0415. The Morgan fingerprint density at radius 3 is 1.27 bits per heavy atom. The SMILES string of the molecule is CC(C)(C)C(=O)CC(=O)C(C)(C)C.Cc1cc[c-]c(-c2nccc3c2ccc2ccccc23)c1.Cc1cc[c-]c(-c2nccc3c2ccc2ccccc23)c1.[Ir]. The fraction of sp³-hybridized carbons (Fsp3) is 0.216. The molecule has 285 valence electrons. The number of ketones is 2. The van der Waals surface area contributed by atoms with Gasteiger partial charge in [-0.1, -0.05) is 128 Å². The minimum absolute atomic E-state index is 0. The summed E-state index contributed by atoms with van der Waals surface area (Å²) in [6.45, 7) is 15.2. The molecule has 0 N–H and O–H groups in total.